The molecule has 0 amide bonds. The third-order valence-electron chi connectivity index (χ3n) is 4.37. The molecule has 27 heavy (non-hydrogen) atoms. The number of hydrogen-bond donors (Lipinski definition) is 1. The van der Waals surface area contributed by atoms with Crippen molar-refractivity contribution in [3.63, 3.8) is 0 Å². The van der Waals surface area contributed by atoms with E-state index < -0.39 is 23.6 Å². The Morgan fingerprint density at radius 2 is 1.89 bits per heavy atom. The molecule has 2 atom stereocenters. The van der Waals surface area contributed by atoms with Gasteiger partial charge in [-0.15, -0.1) is 0 Å². The fourth-order valence-corrected chi connectivity index (χ4v) is 3.05. The maximum absolute atomic E-state index is 13.3. The number of esters is 1. The Bertz CT molecular complexity index is 930. The topological polar surface area (TPSA) is 83.2 Å². The van der Waals surface area contributed by atoms with Crippen LogP contribution in [-0.2, 0) is 20.9 Å². The Labute approximate surface area is 156 Å². The van der Waals surface area contributed by atoms with E-state index in [0.29, 0.717) is 5.56 Å². The van der Waals surface area contributed by atoms with Gasteiger partial charge >= 0.3 is 5.97 Å². The molecule has 1 aliphatic heterocycles. The van der Waals surface area contributed by atoms with Gasteiger partial charge in [-0.1, -0.05) is 42.5 Å². The molecule has 0 aromatic heterocycles. The van der Waals surface area contributed by atoms with Gasteiger partial charge < -0.3 is 9.47 Å². The highest BCUT2D eigenvalue weighted by molar-refractivity contribution is 5.95. The molecule has 1 heterocycles. The van der Waals surface area contributed by atoms with E-state index in [-0.39, 0.29) is 23.8 Å². The summed E-state index contributed by atoms with van der Waals surface area (Å²) in [5.41, 5.74) is 1.53. The van der Waals surface area contributed by atoms with Crippen molar-refractivity contribution < 1.29 is 18.7 Å². The maximum Gasteiger partial charge on any atom is 0.338 e. The van der Waals surface area contributed by atoms with Crippen LogP contribution in [0.2, 0.25) is 0 Å². The summed E-state index contributed by atoms with van der Waals surface area (Å²) >= 11 is 0. The molecule has 5 nitrogen and oxygen atoms in total. The van der Waals surface area contributed by atoms with Crippen LogP contribution in [0.3, 0.4) is 0 Å². The van der Waals surface area contributed by atoms with E-state index in [9.17, 15) is 14.4 Å². The Kier molecular flexibility index (Phi) is 5.32. The van der Waals surface area contributed by atoms with Gasteiger partial charge in [0.15, 0.2) is 0 Å². The SMILES string of the molecule is CC1=C(C(=O)OCc2ccccc2)C(c2ccc(F)cc2)C(C#N)C(=N)O1. The monoisotopic (exact) mass is 364 g/mol. The first-order valence-corrected chi connectivity index (χ1v) is 8.34. The number of benzene rings is 2. The van der Waals surface area contributed by atoms with Crippen LogP contribution in [0, 0.1) is 28.5 Å². The molecule has 2 aromatic rings. The summed E-state index contributed by atoms with van der Waals surface area (Å²) in [5.74, 6) is -2.86. The zero-order chi connectivity index (χ0) is 19.4. The highest BCUT2D eigenvalue weighted by Crippen LogP contribution is 2.39. The van der Waals surface area contributed by atoms with Gasteiger partial charge in [-0.2, -0.15) is 5.26 Å². The van der Waals surface area contributed by atoms with Crippen LogP contribution in [0.5, 0.6) is 0 Å². The van der Waals surface area contributed by atoms with Crippen molar-refractivity contribution in [3.8, 4) is 6.07 Å². The van der Waals surface area contributed by atoms with Gasteiger partial charge in [0.2, 0.25) is 5.90 Å². The number of carbonyl (C=O) groups excluding carboxylic acids is 1. The first-order chi connectivity index (χ1) is 13.0. The molecule has 0 bridgehead atoms. The second kappa shape index (κ2) is 7.83. The lowest BCUT2D eigenvalue weighted by Gasteiger charge is -2.30. The van der Waals surface area contributed by atoms with E-state index >= 15 is 0 Å². The van der Waals surface area contributed by atoms with E-state index in [1.54, 1.807) is 6.92 Å². The predicted octanol–water partition coefficient (Wildman–Crippen LogP) is 4.07. The van der Waals surface area contributed by atoms with Crippen LogP contribution < -0.4 is 0 Å². The lowest BCUT2D eigenvalue weighted by molar-refractivity contribution is -0.141. The van der Waals surface area contributed by atoms with Crippen LogP contribution in [0.25, 0.3) is 0 Å². The summed E-state index contributed by atoms with van der Waals surface area (Å²) in [4.78, 5) is 12.8. The Balaban J connectivity index is 1.94. The molecule has 3 rings (SSSR count). The molecule has 0 aliphatic carbocycles. The summed E-state index contributed by atoms with van der Waals surface area (Å²) in [7, 11) is 0. The van der Waals surface area contributed by atoms with Crippen molar-refractivity contribution >= 4 is 11.9 Å². The highest BCUT2D eigenvalue weighted by atomic mass is 19.1. The largest absolute Gasteiger partial charge is 0.457 e. The Morgan fingerprint density at radius 1 is 1.22 bits per heavy atom. The normalized spacial score (nSPS) is 19.2. The number of nitriles is 1. The molecule has 2 unspecified atom stereocenters. The Morgan fingerprint density at radius 3 is 2.52 bits per heavy atom. The van der Waals surface area contributed by atoms with Crippen LogP contribution in [0.15, 0.2) is 65.9 Å². The van der Waals surface area contributed by atoms with E-state index in [1.807, 2.05) is 36.4 Å². The summed E-state index contributed by atoms with van der Waals surface area (Å²) in [6.07, 6.45) is 0. The quantitative estimate of drug-likeness (QED) is 0.829. The van der Waals surface area contributed by atoms with Gasteiger partial charge in [0.1, 0.15) is 24.1 Å². The maximum atomic E-state index is 13.3. The lowest BCUT2D eigenvalue weighted by atomic mass is 9.78. The van der Waals surface area contributed by atoms with E-state index in [2.05, 4.69) is 0 Å². The smallest absolute Gasteiger partial charge is 0.338 e. The number of halogens is 1. The molecule has 136 valence electrons. The van der Waals surface area contributed by atoms with Gasteiger partial charge in [0.05, 0.1) is 11.6 Å². The minimum absolute atomic E-state index is 0.0707. The fraction of sp³-hybridized carbons (Fsp3) is 0.190. The average molecular weight is 364 g/mol. The third kappa shape index (κ3) is 3.87. The molecule has 0 fully saturated rings. The Hall–Kier alpha value is -3.46. The lowest BCUT2D eigenvalue weighted by Crippen LogP contribution is -2.33. The number of nitrogens with zero attached hydrogens (tertiary/aromatic N) is 1. The average Bonchev–Trinajstić information content (AvgIpc) is 2.67. The second-order valence-electron chi connectivity index (χ2n) is 6.13. The first kappa shape index (κ1) is 18.3. The van der Waals surface area contributed by atoms with Gasteiger partial charge in [-0.25, -0.2) is 9.18 Å². The first-order valence-electron chi connectivity index (χ1n) is 8.34. The number of hydrogen-bond acceptors (Lipinski definition) is 5. The molecular formula is C21H17FN2O3. The molecule has 0 spiro atoms. The van der Waals surface area contributed by atoms with Crippen molar-refractivity contribution in [2.45, 2.75) is 19.4 Å². The second-order valence-corrected chi connectivity index (χ2v) is 6.13. The zero-order valence-corrected chi connectivity index (χ0v) is 14.6. The van der Waals surface area contributed by atoms with Crippen molar-refractivity contribution in [1.29, 1.82) is 10.7 Å². The summed E-state index contributed by atoms with van der Waals surface area (Å²) in [5, 5.41) is 17.5. The van der Waals surface area contributed by atoms with Crippen LogP contribution >= 0.6 is 0 Å². The number of carbonyl (C=O) groups is 1. The van der Waals surface area contributed by atoms with E-state index in [4.69, 9.17) is 14.9 Å². The van der Waals surface area contributed by atoms with Crippen LogP contribution in [-0.4, -0.2) is 11.9 Å². The summed E-state index contributed by atoms with van der Waals surface area (Å²) < 4.78 is 24.0. The molecule has 0 saturated carbocycles. The molecule has 1 aliphatic rings. The van der Waals surface area contributed by atoms with Crippen molar-refractivity contribution in [2.24, 2.45) is 5.92 Å². The number of allylic oxidation sites excluding steroid dienone is 1. The fourth-order valence-electron chi connectivity index (χ4n) is 3.05. The summed E-state index contributed by atoms with van der Waals surface area (Å²) in [6, 6.07) is 16.7. The van der Waals surface area contributed by atoms with Crippen molar-refractivity contribution in [3.05, 3.63) is 82.9 Å². The minimum Gasteiger partial charge on any atom is -0.457 e. The molecule has 0 saturated heterocycles. The number of rotatable bonds is 4. The molecule has 6 heteroatoms. The van der Waals surface area contributed by atoms with Gasteiger partial charge in [0, 0.05) is 5.92 Å². The molecule has 2 aromatic carbocycles. The number of nitrogens with one attached hydrogen (secondary N) is 1. The van der Waals surface area contributed by atoms with Crippen molar-refractivity contribution in [1.82, 2.24) is 0 Å². The van der Waals surface area contributed by atoms with Gasteiger partial charge in [0.25, 0.3) is 0 Å². The number of ether oxygens (including phenoxy) is 2. The van der Waals surface area contributed by atoms with Crippen LogP contribution in [0.4, 0.5) is 4.39 Å². The standard InChI is InChI=1S/C21H17FN2O3/c1-13-18(21(25)26-12-14-5-3-2-4-6-14)19(17(11-23)20(24)27-13)15-7-9-16(22)10-8-15/h2-10,17,19,24H,12H2,1H3. The van der Waals surface area contributed by atoms with Gasteiger partial charge in [-0.3, -0.25) is 5.41 Å². The molecule has 1 N–H and O–H groups in total. The van der Waals surface area contributed by atoms with Crippen LogP contribution in [0.1, 0.15) is 24.0 Å². The van der Waals surface area contributed by atoms with E-state index in [0.717, 1.165) is 5.56 Å². The predicted molar refractivity (Wildman–Crippen MR) is 96.0 cm³/mol. The van der Waals surface area contributed by atoms with E-state index in [1.165, 1.54) is 24.3 Å². The molecule has 0 radical (unpaired) electrons. The van der Waals surface area contributed by atoms with Gasteiger partial charge in [-0.05, 0) is 30.2 Å². The highest BCUT2D eigenvalue weighted by Gasteiger charge is 2.41. The minimum atomic E-state index is -1.00. The molecular weight excluding hydrogens is 347 g/mol. The van der Waals surface area contributed by atoms with Crippen molar-refractivity contribution in [2.75, 3.05) is 0 Å². The third-order valence-corrected chi connectivity index (χ3v) is 4.37. The summed E-state index contributed by atoms with van der Waals surface area (Å²) in [6.45, 7) is 1.62. The zero-order valence-electron chi connectivity index (χ0n) is 14.6.